The Kier molecular flexibility index (Phi) is 4.27. The number of aliphatic imine (C=N–C) groups is 1. The molecule has 1 atom stereocenters. The quantitative estimate of drug-likeness (QED) is 0.827. The molecular weight excluding hydrogens is 276 g/mol. The molecule has 1 aromatic carbocycles. The molecular formula is C18H22N2O2. The van der Waals surface area contributed by atoms with Crippen LogP contribution < -0.4 is 0 Å². The number of benzene rings is 1. The Morgan fingerprint density at radius 1 is 1.23 bits per heavy atom. The molecule has 0 bridgehead atoms. The maximum atomic E-state index is 12.6. The molecule has 0 saturated heterocycles. The number of nitrogens with zero attached hydrogens (tertiary/aromatic N) is 2. The van der Waals surface area contributed by atoms with Crippen LogP contribution in [-0.4, -0.2) is 22.9 Å². The number of urea groups is 1. The monoisotopic (exact) mass is 298 g/mol. The Morgan fingerprint density at radius 3 is 2.55 bits per heavy atom. The lowest BCUT2D eigenvalue weighted by atomic mass is 9.93. The smallest absolute Gasteiger partial charge is 0.350 e. The summed E-state index contributed by atoms with van der Waals surface area (Å²) in [6.45, 7) is 5.66. The Balaban J connectivity index is 1.95. The zero-order chi connectivity index (χ0) is 15.5. The van der Waals surface area contributed by atoms with E-state index in [9.17, 15) is 4.79 Å². The lowest BCUT2D eigenvalue weighted by Gasteiger charge is -2.41. The van der Waals surface area contributed by atoms with Gasteiger partial charge in [-0.2, -0.15) is 4.99 Å². The molecule has 4 heteroatoms. The van der Waals surface area contributed by atoms with Gasteiger partial charge in [-0.25, -0.2) is 4.79 Å². The molecule has 0 spiro atoms. The number of rotatable bonds is 3. The van der Waals surface area contributed by atoms with Crippen LogP contribution in [0.1, 0.15) is 50.8 Å². The minimum absolute atomic E-state index is 0.204. The Hall–Kier alpha value is -2.10. The maximum Gasteiger partial charge on any atom is 0.350 e. The largest absolute Gasteiger partial charge is 0.449 e. The maximum absolute atomic E-state index is 12.6. The summed E-state index contributed by atoms with van der Waals surface area (Å²) < 4.78 is 6.03. The van der Waals surface area contributed by atoms with Gasteiger partial charge < -0.3 is 4.74 Å². The van der Waals surface area contributed by atoms with E-state index in [2.05, 4.69) is 11.6 Å². The van der Waals surface area contributed by atoms with Crippen molar-refractivity contribution in [1.82, 2.24) is 4.90 Å². The van der Waals surface area contributed by atoms with Crippen molar-refractivity contribution in [3.8, 4) is 0 Å². The first kappa shape index (κ1) is 14.8. The molecule has 1 aliphatic heterocycles. The fourth-order valence-electron chi connectivity index (χ4n) is 3.18. The van der Waals surface area contributed by atoms with E-state index in [1.807, 2.05) is 42.2 Å². The molecule has 1 unspecified atom stereocenters. The predicted molar refractivity (Wildman–Crippen MR) is 86.6 cm³/mol. The molecule has 116 valence electrons. The van der Waals surface area contributed by atoms with Gasteiger partial charge >= 0.3 is 6.03 Å². The average molecular weight is 298 g/mol. The van der Waals surface area contributed by atoms with Crippen molar-refractivity contribution in [2.45, 2.75) is 51.3 Å². The van der Waals surface area contributed by atoms with Gasteiger partial charge in [0.15, 0.2) is 0 Å². The van der Waals surface area contributed by atoms with E-state index < -0.39 is 6.23 Å². The zero-order valence-electron chi connectivity index (χ0n) is 13.0. The fourth-order valence-corrected chi connectivity index (χ4v) is 3.18. The van der Waals surface area contributed by atoms with Gasteiger partial charge in [0, 0.05) is 17.2 Å². The molecule has 0 radical (unpaired) electrons. The van der Waals surface area contributed by atoms with Gasteiger partial charge in [-0.05, 0) is 19.8 Å². The third-order valence-electron chi connectivity index (χ3n) is 4.31. The first-order valence-corrected chi connectivity index (χ1v) is 7.95. The summed E-state index contributed by atoms with van der Waals surface area (Å²) in [4.78, 5) is 18.5. The van der Waals surface area contributed by atoms with Crippen LogP contribution in [0.2, 0.25) is 0 Å². The number of hydrogen-bond donors (Lipinski definition) is 0. The highest BCUT2D eigenvalue weighted by Gasteiger charge is 2.37. The van der Waals surface area contributed by atoms with Gasteiger partial charge in [-0.15, -0.1) is 0 Å². The molecule has 22 heavy (non-hydrogen) atoms. The number of ether oxygens (including phenoxy) is 1. The van der Waals surface area contributed by atoms with Crippen LogP contribution in [0.4, 0.5) is 4.79 Å². The van der Waals surface area contributed by atoms with Crippen molar-refractivity contribution in [3.63, 3.8) is 0 Å². The van der Waals surface area contributed by atoms with Gasteiger partial charge in [-0.1, -0.05) is 56.2 Å². The average Bonchev–Trinajstić information content (AvgIpc) is 2.55. The third kappa shape index (κ3) is 2.91. The van der Waals surface area contributed by atoms with Crippen molar-refractivity contribution < 1.29 is 9.53 Å². The second kappa shape index (κ2) is 6.34. The van der Waals surface area contributed by atoms with Crippen LogP contribution in [0.3, 0.4) is 0 Å². The molecule has 2 amide bonds. The lowest BCUT2D eigenvalue weighted by Crippen LogP contribution is -2.47. The van der Waals surface area contributed by atoms with Crippen LogP contribution in [0.5, 0.6) is 0 Å². The Morgan fingerprint density at radius 2 is 1.91 bits per heavy atom. The SMILES string of the molecule is C=C(C)C1=NC(=O)N(C2CCCCC2)C(c2ccccc2)O1. The molecule has 1 saturated carbocycles. The first-order valence-electron chi connectivity index (χ1n) is 7.95. The van der Waals surface area contributed by atoms with Crippen LogP contribution in [0, 0.1) is 0 Å². The van der Waals surface area contributed by atoms with E-state index in [1.54, 1.807) is 0 Å². The van der Waals surface area contributed by atoms with E-state index in [4.69, 9.17) is 4.74 Å². The van der Waals surface area contributed by atoms with Crippen molar-refractivity contribution in [1.29, 1.82) is 0 Å². The van der Waals surface area contributed by atoms with Crippen molar-refractivity contribution in [2.75, 3.05) is 0 Å². The Labute approximate surface area is 131 Å². The van der Waals surface area contributed by atoms with Crippen molar-refractivity contribution in [2.24, 2.45) is 4.99 Å². The molecule has 2 aliphatic rings. The number of carbonyl (C=O) groups is 1. The van der Waals surface area contributed by atoms with E-state index >= 15 is 0 Å². The molecule has 1 fully saturated rings. The number of hydrogen-bond acceptors (Lipinski definition) is 2. The van der Waals surface area contributed by atoms with E-state index in [0.717, 1.165) is 31.2 Å². The van der Waals surface area contributed by atoms with Gasteiger partial charge in [-0.3, -0.25) is 4.90 Å². The van der Waals surface area contributed by atoms with Crippen LogP contribution >= 0.6 is 0 Å². The minimum Gasteiger partial charge on any atom is -0.449 e. The third-order valence-corrected chi connectivity index (χ3v) is 4.31. The second-order valence-electron chi connectivity index (χ2n) is 6.06. The molecule has 1 aliphatic carbocycles. The van der Waals surface area contributed by atoms with Crippen molar-refractivity contribution in [3.05, 3.63) is 48.0 Å². The Bertz CT molecular complexity index is 588. The molecule has 0 N–H and O–H groups in total. The highest BCUT2D eigenvalue weighted by Crippen LogP contribution is 2.34. The zero-order valence-corrected chi connectivity index (χ0v) is 13.0. The number of carbonyl (C=O) groups excluding carboxylic acids is 1. The standard InChI is InChI=1S/C18H22N2O2/c1-13(2)16-19-18(21)20(15-11-7-4-8-12-15)17(22-16)14-9-5-3-6-10-14/h3,5-6,9-10,15,17H,1,4,7-8,11-12H2,2H3. The summed E-state index contributed by atoms with van der Waals surface area (Å²) in [5.74, 6) is 0.353. The molecule has 4 nitrogen and oxygen atoms in total. The normalized spacial score (nSPS) is 23.0. The summed E-state index contributed by atoms with van der Waals surface area (Å²) >= 11 is 0. The summed E-state index contributed by atoms with van der Waals surface area (Å²) in [7, 11) is 0. The minimum atomic E-state index is -0.402. The number of amides is 2. The van der Waals surface area contributed by atoms with Crippen LogP contribution in [0.15, 0.2) is 47.5 Å². The molecule has 1 heterocycles. The highest BCUT2D eigenvalue weighted by atomic mass is 16.5. The van der Waals surface area contributed by atoms with Crippen LogP contribution in [-0.2, 0) is 4.74 Å². The summed E-state index contributed by atoms with van der Waals surface area (Å²) in [5, 5.41) is 0. The van der Waals surface area contributed by atoms with Gasteiger partial charge in [0.2, 0.25) is 12.1 Å². The van der Waals surface area contributed by atoms with E-state index in [-0.39, 0.29) is 12.1 Å². The second-order valence-corrected chi connectivity index (χ2v) is 6.06. The molecule has 3 rings (SSSR count). The van der Waals surface area contributed by atoms with Gasteiger partial charge in [0.1, 0.15) is 0 Å². The van der Waals surface area contributed by atoms with Gasteiger partial charge in [0.05, 0.1) is 0 Å². The fraction of sp³-hybridized carbons (Fsp3) is 0.444. The summed E-state index contributed by atoms with van der Waals surface area (Å²) in [6, 6.07) is 9.90. The van der Waals surface area contributed by atoms with Crippen molar-refractivity contribution >= 4 is 11.9 Å². The summed E-state index contributed by atoms with van der Waals surface area (Å²) in [5.41, 5.74) is 1.66. The predicted octanol–water partition coefficient (Wildman–Crippen LogP) is 4.44. The highest BCUT2D eigenvalue weighted by molar-refractivity contribution is 6.01. The van der Waals surface area contributed by atoms with E-state index in [0.29, 0.717) is 11.5 Å². The first-order chi connectivity index (χ1) is 10.7. The van der Waals surface area contributed by atoms with Gasteiger partial charge in [0.25, 0.3) is 0 Å². The summed E-state index contributed by atoms with van der Waals surface area (Å²) in [6.07, 6.45) is 5.21. The van der Waals surface area contributed by atoms with Crippen LogP contribution in [0.25, 0.3) is 0 Å². The van der Waals surface area contributed by atoms with E-state index in [1.165, 1.54) is 6.42 Å². The molecule has 1 aromatic rings. The topological polar surface area (TPSA) is 41.9 Å². The molecule has 0 aromatic heterocycles. The lowest BCUT2D eigenvalue weighted by molar-refractivity contribution is -0.00184.